The minimum atomic E-state index is -3.20. The zero-order valence-corrected chi connectivity index (χ0v) is 10.2. The number of carbonyl (C=O) groups is 2. The molecule has 2 atom stereocenters. The van der Waals surface area contributed by atoms with E-state index in [2.05, 4.69) is 9.53 Å². The van der Waals surface area contributed by atoms with Crippen LogP contribution in [0.5, 0.6) is 0 Å². The van der Waals surface area contributed by atoms with Crippen molar-refractivity contribution in [3.8, 4) is 0 Å². The molecular formula is C10H14F2N2O4. The molecule has 0 spiro atoms. The standard InChI is InChI=1S/C10H14F2N2O4/c1-4-18-8(16)6(14-13)7(15)5(2)10(3,17)9(11)12/h5,9,17H,4H2,1-3H3/t5-,10+/m0/s1. The Hall–Kier alpha value is -1.66. The number of rotatable bonds is 6. The van der Waals surface area contributed by atoms with Crippen LogP contribution in [-0.4, -0.2) is 46.0 Å². The normalized spacial score (nSPS) is 15.5. The summed E-state index contributed by atoms with van der Waals surface area (Å²) in [6, 6.07) is 0. The Morgan fingerprint density at radius 3 is 2.33 bits per heavy atom. The van der Waals surface area contributed by atoms with Gasteiger partial charge in [0.25, 0.3) is 12.2 Å². The molecule has 0 rings (SSSR count). The molecule has 0 aliphatic carbocycles. The number of nitrogens with zero attached hydrogens (tertiary/aromatic N) is 2. The van der Waals surface area contributed by atoms with Gasteiger partial charge in [-0.25, -0.2) is 13.6 Å². The van der Waals surface area contributed by atoms with Crippen molar-refractivity contribution in [3.63, 3.8) is 0 Å². The number of Topliss-reactive ketones (excluding diaryl/α,β-unsaturated/α-hetero) is 1. The maximum absolute atomic E-state index is 12.5. The average molecular weight is 264 g/mol. The van der Waals surface area contributed by atoms with E-state index in [1.807, 2.05) is 0 Å². The maximum Gasteiger partial charge on any atom is 0.441 e. The van der Waals surface area contributed by atoms with Crippen molar-refractivity contribution in [3.05, 3.63) is 5.53 Å². The van der Waals surface area contributed by atoms with Gasteiger partial charge in [0, 0.05) is 0 Å². The Labute approximate surface area is 102 Å². The summed E-state index contributed by atoms with van der Waals surface area (Å²) in [6.07, 6.45) is -3.20. The van der Waals surface area contributed by atoms with E-state index < -0.39 is 35.4 Å². The lowest BCUT2D eigenvalue weighted by Gasteiger charge is -2.26. The fourth-order valence-electron chi connectivity index (χ4n) is 1.05. The van der Waals surface area contributed by atoms with E-state index in [-0.39, 0.29) is 6.61 Å². The molecule has 0 heterocycles. The van der Waals surface area contributed by atoms with Gasteiger partial charge in [-0.15, -0.1) is 0 Å². The molecule has 0 radical (unpaired) electrons. The number of halogens is 2. The van der Waals surface area contributed by atoms with Gasteiger partial charge in [-0.05, 0) is 13.8 Å². The summed E-state index contributed by atoms with van der Waals surface area (Å²) >= 11 is 0. The first-order valence-electron chi connectivity index (χ1n) is 5.14. The molecule has 0 aromatic rings. The van der Waals surface area contributed by atoms with Crippen LogP contribution >= 0.6 is 0 Å². The quantitative estimate of drug-likeness (QED) is 0.247. The number of hydrogen-bond donors (Lipinski definition) is 1. The van der Waals surface area contributed by atoms with Crippen LogP contribution in [0.1, 0.15) is 20.8 Å². The molecule has 0 fully saturated rings. The fourth-order valence-corrected chi connectivity index (χ4v) is 1.05. The van der Waals surface area contributed by atoms with Crippen molar-refractivity contribution in [2.45, 2.75) is 32.8 Å². The van der Waals surface area contributed by atoms with E-state index in [4.69, 9.17) is 5.53 Å². The van der Waals surface area contributed by atoms with Gasteiger partial charge >= 0.3 is 11.7 Å². The van der Waals surface area contributed by atoms with E-state index in [0.717, 1.165) is 13.8 Å². The second-order valence-corrected chi connectivity index (χ2v) is 3.78. The van der Waals surface area contributed by atoms with Crippen molar-refractivity contribution >= 4 is 17.5 Å². The van der Waals surface area contributed by atoms with Gasteiger partial charge in [0.2, 0.25) is 0 Å². The molecule has 18 heavy (non-hydrogen) atoms. The van der Waals surface area contributed by atoms with Crippen LogP contribution in [0.15, 0.2) is 0 Å². The molecule has 6 nitrogen and oxygen atoms in total. The second kappa shape index (κ2) is 6.32. The summed E-state index contributed by atoms with van der Waals surface area (Å²) in [5.74, 6) is -4.09. The molecule has 0 bridgehead atoms. The minimum Gasteiger partial charge on any atom is -0.457 e. The fraction of sp³-hybridized carbons (Fsp3) is 0.700. The van der Waals surface area contributed by atoms with Crippen LogP contribution in [0.3, 0.4) is 0 Å². The number of aliphatic hydroxyl groups is 1. The van der Waals surface area contributed by atoms with Crippen molar-refractivity contribution in [2.24, 2.45) is 5.92 Å². The second-order valence-electron chi connectivity index (χ2n) is 3.78. The predicted molar refractivity (Wildman–Crippen MR) is 56.1 cm³/mol. The first-order chi connectivity index (χ1) is 8.19. The lowest BCUT2D eigenvalue weighted by atomic mass is 9.86. The highest BCUT2D eigenvalue weighted by Gasteiger charge is 2.47. The molecule has 8 heteroatoms. The minimum absolute atomic E-state index is 0.0786. The number of hydrogen-bond acceptors (Lipinski definition) is 4. The van der Waals surface area contributed by atoms with Gasteiger partial charge in [-0.2, -0.15) is 4.79 Å². The molecular weight excluding hydrogens is 250 g/mol. The van der Waals surface area contributed by atoms with Crippen LogP contribution in [0.2, 0.25) is 0 Å². The molecule has 102 valence electrons. The summed E-state index contributed by atoms with van der Waals surface area (Å²) in [4.78, 5) is 25.3. The molecule has 0 aromatic heterocycles. The summed E-state index contributed by atoms with van der Waals surface area (Å²) in [5, 5.41) is 9.43. The number of ether oxygens (including phenoxy) is 1. The zero-order valence-electron chi connectivity index (χ0n) is 10.2. The van der Waals surface area contributed by atoms with Gasteiger partial charge in [0.05, 0.1) is 12.5 Å². The molecule has 0 saturated heterocycles. The lowest BCUT2D eigenvalue weighted by molar-refractivity contribution is -0.150. The highest BCUT2D eigenvalue weighted by Crippen LogP contribution is 2.25. The average Bonchev–Trinajstić information content (AvgIpc) is 2.28. The molecule has 0 aliphatic rings. The third kappa shape index (κ3) is 3.41. The van der Waals surface area contributed by atoms with E-state index >= 15 is 0 Å². The number of carbonyl (C=O) groups excluding carboxylic acids is 2. The summed E-state index contributed by atoms with van der Waals surface area (Å²) < 4.78 is 29.5. The highest BCUT2D eigenvalue weighted by atomic mass is 19.3. The smallest absolute Gasteiger partial charge is 0.441 e. The van der Waals surface area contributed by atoms with Gasteiger partial charge < -0.3 is 15.4 Å². The molecule has 0 aliphatic heterocycles. The molecule has 0 aromatic carbocycles. The molecule has 0 saturated carbocycles. The Kier molecular flexibility index (Phi) is 5.74. The molecule has 0 unspecified atom stereocenters. The zero-order chi connectivity index (χ0) is 14.5. The van der Waals surface area contributed by atoms with Gasteiger partial charge in [0.1, 0.15) is 5.60 Å². The van der Waals surface area contributed by atoms with Gasteiger partial charge in [-0.3, -0.25) is 4.79 Å². The molecule has 1 N–H and O–H groups in total. The first kappa shape index (κ1) is 16.3. The number of alkyl halides is 2. The summed E-state index contributed by atoms with van der Waals surface area (Å²) in [6.45, 7) is 3.13. The van der Waals surface area contributed by atoms with Crippen molar-refractivity contribution in [1.29, 1.82) is 0 Å². The Morgan fingerprint density at radius 1 is 1.50 bits per heavy atom. The topological polar surface area (TPSA) is 100 Å². The SMILES string of the molecule is CCOC(=O)C(=[N+]=[N-])C(=O)[C@H](C)[C@@](C)(O)C(F)F. The van der Waals surface area contributed by atoms with Crippen LogP contribution < -0.4 is 0 Å². The van der Waals surface area contributed by atoms with E-state index in [9.17, 15) is 23.5 Å². The Morgan fingerprint density at radius 2 is 2.00 bits per heavy atom. The first-order valence-corrected chi connectivity index (χ1v) is 5.14. The van der Waals surface area contributed by atoms with Crippen molar-refractivity contribution < 1.29 is 33.0 Å². The van der Waals surface area contributed by atoms with Crippen LogP contribution in [0.4, 0.5) is 8.78 Å². The van der Waals surface area contributed by atoms with Crippen molar-refractivity contribution in [1.82, 2.24) is 0 Å². The van der Waals surface area contributed by atoms with Crippen molar-refractivity contribution in [2.75, 3.05) is 6.61 Å². The summed E-state index contributed by atoms with van der Waals surface area (Å²) in [7, 11) is 0. The number of esters is 1. The molecule has 0 amide bonds. The van der Waals surface area contributed by atoms with E-state index in [1.165, 1.54) is 6.92 Å². The van der Waals surface area contributed by atoms with Gasteiger partial charge in [-0.1, -0.05) is 6.92 Å². The summed E-state index contributed by atoms with van der Waals surface area (Å²) in [5.41, 5.74) is 4.88. The van der Waals surface area contributed by atoms with Crippen LogP contribution in [0, 0.1) is 5.92 Å². The largest absolute Gasteiger partial charge is 0.457 e. The van der Waals surface area contributed by atoms with Crippen LogP contribution in [0.25, 0.3) is 5.53 Å². The van der Waals surface area contributed by atoms with Gasteiger partial charge in [0.15, 0.2) is 0 Å². The van der Waals surface area contributed by atoms with E-state index in [0.29, 0.717) is 0 Å². The Bertz CT molecular complexity index is 389. The predicted octanol–water partition coefficient (Wildman–Crippen LogP) is 0.442. The number of ketones is 1. The highest BCUT2D eigenvalue weighted by molar-refractivity contribution is 6.62. The van der Waals surface area contributed by atoms with Crippen LogP contribution in [-0.2, 0) is 14.3 Å². The lowest BCUT2D eigenvalue weighted by Crippen LogP contribution is -2.47. The monoisotopic (exact) mass is 264 g/mol. The Balaban J connectivity index is 5.16. The van der Waals surface area contributed by atoms with E-state index in [1.54, 1.807) is 0 Å². The third-order valence-electron chi connectivity index (χ3n) is 2.51. The third-order valence-corrected chi connectivity index (χ3v) is 2.51. The maximum atomic E-state index is 12.5.